The summed E-state index contributed by atoms with van der Waals surface area (Å²) in [6.45, 7) is 7.06. The van der Waals surface area contributed by atoms with E-state index in [1.807, 2.05) is 55.7 Å². The molecule has 3 rings (SSSR count). The number of thioether (sulfide) groups is 1. The molecule has 8 heteroatoms. The van der Waals surface area contributed by atoms with Crippen molar-refractivity contribution in [3.05, 3.63) is 66.2 Å². The van der Waals surface area contributed by atoms with Gasteiger partial charge in [-0.05, 0) is 57.2 Å². The number of aromatic nitrogens is 3. The highest BCUT2D eigenvalue weighted by atomic mass is 32.2. The standard InChI is InChI=1S/C22H25FN4O2S/c1-4-26(18-9-7-6-8-10-18)20(28)15-30-22-25-24-21(27(22)5-2)16(3)29-19-13-11-17(23)12-14-19/h6-14,16H,4-5,15H2,1-3H3. The van der Waals surface area contributed by atoms with Crippen LogP contribution in [-0.2, 0) is 11.3 Å². The Bertz CT molecular complexity index is 963. The number of benzene rings is 2. The molecular formula is C22H25FN4O2S. The first-order valence-corrected chi connectivity index (χ1v) is 10.9. The molecule has 0 N–H and O–H groups in total. The molecule has 1 atom stereocenters. The predicted molar refractivity (Wildman–Crippen MR) is 116 cm³/mol. The molecule has 6 nitrogen and oxygen atoms in total. The van der Waals surface area contributed by atoms with Crippen molar-refractivity contribution < 1.29 is 13.9 Å². The van der Waals surface area contributed by atoms with Gasteiger partial charge in [0, 0.05) is 18.8 Å². The number of halogens is 1. The van der Waals surface area contributed by atoms with Crippen LogP contribution in [0.15, 0.2) is 59.8 Å². The molecule has 0 fully saturated rings. The number of anilines is 1. The first-order chi connectivity index (χ1) is 14.5. The van der Waals surface area contributed by atoms with Crippen LogP contribution in [0.3, 0.4) is 0 Å². The number of hydrogen-bond donors (Lipinski definition) is 0. The van der Waals surface area contributed by atoms with E-state index < -0.39 is 0 Å². The summed E-state index contributed by atoms with van der Waals surface area (Å²) in [5, 5.41) is 9.19. The summed E-state index contributed by atoms with van der Waals surface area (Å²) >= 11 is 1.36. The first-order valence-electron chi connectivity index (χ1n) is 9.87. The molecule has 0 bridgehead atoms. The predicted octanol–water partition coefficient (Wildman–Crippen LogP) is 4.72. The van der Waals surface area contributed by atoms with Gasteiger partial charge in [-0.3, -0.25) is 4.79 Å². The summed E-state index contributed by atoms with van der Waals surface area (Å²) in [4.78, 5) is 14.5. The molecule has 0 aliphatic heterocycles. The van der Waals surface area contributed by atoms with E-state index in [-0.39, 0.29) is 23.6 Å². The lowest BCUT2D eigenvalue weighted by molar-refractivity contribution is -0.116. The molecule has 1 heterocycles. The van der Waals surface area contributed by atoms with Crippen molar-refractivity contribution in [2.24, 2.45) is 0 Å². The highest BCUT2D eigenvalue weighted by Gasteiger charge is 2.21. The fraction of sp³-hybridized carbons (Fsp3) is 0.318. The van der Waals surface area contributed by atoms with E-state index in [2.05, 4.69) is 10.2 Å². The Hall–Kier alpha value is -2.87. The van der Waals surface area contributed by atoms with Gasteiger partial charge in [0.1, 0.15) is 11.6 Å². The molecule has 158 valence electrons. The Balaban J connectivity index is 1.67. The van der Waals surface area contributed by atoms with E-state index in [9.17, 15) is 9.18 Å². The Morgan fingerprint density at radius 2 is 1.83 bits per heavy atom. The first kappa shape index (κ1) is 21.8. The zero-order chi connectivity index (χ0) is 21.5. The van der Waals surface area contributed by atoms with Crippen molar-refractivity contribution in [2.45, 2.75) is 38.6 Å². The summed E-state index contributed by atoms with van der Waals surface area (Å²) in [6.07, 6.45) is -0.371. The molecular weight excluding hydrogens is 403 g/mol. The highest BCUT2D eigenvalue weighted by molar-refractivity contribution is 7.99. The van der Waals surface area contributed by atoms with E-state index in [1.165, 1.54) is 23.9 Å². The van der Waals surface area contributed by atoms with E-state index in [1.54, 1.807) is 17.0 Å². The minimum absolute atomic E-state index is 0.0107. The molecule has 2 aromatic carbocycles. The van der Waals surface area contributed by atoms with Gasteiger partial charge in [0.05, 0.1) is 5.75 Å². The van der Waals surface area contributed by atoms with Crippen molar-refractivity contribution in [2.75, 3.05) is 17.2 Å². The lowest BCUT2D eigenvalue weighted by Crippen LogP contribution is -2.32. The van der Waals surface area contributed by atoms with Crippen LogP contribution in [0.4, 0.5) is 10.1 Å². The number of carbonyl (C=O) groups excluding carboxylic acids is 1. The van der Waals surface area contributed by atoms with Crippen LogP contribution in [0.5, 0.6) is 5.75 Å². The number of hydrogen-bond acceptors (Lipinski definition) is 5. The largest absolute Gasteiger partial charge is 0.483 e. The third-order valence-corrected chi connectivity index (χ3v) is 5.51. The van der Waals surface area contributed by atoms with Crippen LogP contribution >= 0.6 is 11.8 Å². The topological polar surface area (TPSA) is 60.3 Å². The molecule has 0 saturated heterocycles. The van der Waals surface area contributed by atoms with Gasteiger partial charge in [0.25, 0.3) is 0 Å². The molecule has 0 radical (unpaired) electrons. The fourth-order valence-electron chi connectivity index (χ4n) is 3.09. The molecule has 30 heavy (non-hydrogen) atoms. The van der Waals surface area contributed by atoms with Gasteiger partial charge in [-0.15, -0.1) is 10.2 Å². The molecule has 0 aliphatic carbocycles. The van der Waals surface area contributed by atoms with Crippen molar-refractivity contribution >= 4 is 23.4 Å². The molecule has 0 saturated carbocycles. The maximum absolute atomic E-state index is 13.1. The summed E-state index contributed by atoms with van der Waals surface area (Å²) in [5.41, 5.74) is 0.879. The third-order valence-electron chi connectivity index (χ3n) is 4.56. The Morgan fingerprint density at radius 3 is 2.47 bits per heavy atom. The fourth-order valence-corrected chi connectivity index (χ4v) is 3.98. The van der Waals surface area contributed by atoms with Gasteiger partial charge >= 0.3 is 0 Å². The SMILES string of the molecule is CCN(C(=O)CSc1nnc(C(C)Oc2ccc(F)cc2)n1CC)c1ccccc1. The Labute approximate surface area is 180 Å². The van der Waals surface area contributed by atoms with Crippen LogP contribution in [0.2, 0.25) is 0 Å². The van der Waals surface area contributed by atoms with Crippen molar-refractivity contribution in [1.82, 2.24) is 14.8 Å². The second-order valence-corrected chi connectivity index (χ2v) is 7.50. The second kappa shape index (κ2) is 10.2. The number of carbonyl (C=O) groups is 1. The average molecular weight is 429 g/mol. The van der Waals surface area contributed by atoms with Crippen LogP contribution < -0.4 is 9.64 Å². The van der Waals surface area contributed by atoms with Crippen LogP contribution in [0.1, 0.15) is 32.7 Å². The van der Waals surface area contributed by atoms with E-state index in [0.717, 1.165) is 5.69 Å². The smallest absolute Gasteiger partial charge is 0.237 e. The summed E-state index contributed by atoms with van der Waals surface area (Å²) in [6, 6.07) is 15.5. The minimum atomic E-state index is -0.371. The highest BCUT2D eigenvalue weighted by Crippen LogP contribution is 2.25. The minimum Gasteiger partial charge on any atom is -0.483 e. The number of amides is 1. The monoisotopic (exact) mass is 428 g/mol. The lowest BCUT2D eigenvalue weighted by Gasteiger charge is -2.20. The van der Waals surface area contributed by atoms with E-state index in [0.29, 0.717) is 29.8 Å². The summed E-state index contributed by atoms with van der Waals surface area (Å²) < 4.78 is 20.9. The van der Waals surface area contributed by atoms with Crippen LogP contribution in [-0.4, -0.2) is 33.0 Å². The van der Waals surface area contributed by atoms with Gasteiger partial charge < -0.3 is 14.2 Å². The summed E-state index contributed by atoms with van der Waals surface area (Å²) in [5.74, 6) is 1.17. The van der Waals surface area contributed by atoms with Crippen molar-refractivity contribution in [1.29, 1.82) is 0 Å². The van der Waals surface area contributed by atoms with Crippen LogP contribution in [0, 0.1) is 5.82 Å². The van der Waals surface area contributed by atoms with Crippen molar-refractivity contribution in [3.63, 3.8) is 0 Å². The maximum atomic E-state index is 13.1. The number of nitrogens with zero attached hydrogens (tertiary/aromatic N) is 4. The van der Waals surface area contributed by atoms with Gasteiger partial charge in [-0.25, -0.2) is 4.39 Å². The third kappa shape index (κ3) is 5.18. The molecule has 1 aromatic heterocycles. The van der Waals surface area contributed by atoms with Gasteiger partial charge in [0.15, 0.2) is 17.1 Å². The number of rotatable bonds is 9. The molecule has 0 aliphatic rings. The number of ether oxygens (including phenoxy) is 1. The lowest BCUT2D eigenvalue weighted by atomic mass is 10.3. The molecule has 1 amide bonds. The van der Waals surface area contributed by atoms with Gasteiger partial charge in [-0.2, -0.15) is 0 Å². The molecule has 3 aromatic rings. The second-order valence-electron chi connectivity index (χ2n) is 6.56. The van der Waals surface area contributed by atoms with Crippen molar-refractivity contribution in [3.8, 4) is 5.75 Å². The van der Waals surface area contributed by atoms with Gasteiger partial charge in [0.2, 0.25) is 5.91 Å². The maximum Gasteiger partial charge on any atom is 0.237 e. The van der Waals surface area contributed by atoms with Gasteiger partial charge in [-0.1, -0.05) is 30.0 Å². The normalized spacial score (nSPS) is 11.9. The average Bonchev–Trinajstić information content (AvgIpc) is 3.18. The quantitative estimate of drug-likeness (QED) is 0.462. The Kier molecular flexibility index (Phi) is 7.46. The van der Waals surface area contributed by atoms with E-state index >= 15 is 0 Å². The Morgan fingerprint density at radius 1 is 1.13 bits per heavy atom. The summed E-state index contributed by atoms with van der Waals surface area (Å²) in [7, 11) is 0. The van der Waals surface area contributed by atoms with Crippen LogP contribution in [0.25, 0.3) is 0 Å². The van der Waals surface area contributed by atoms with E-state index in [4.69, 9.17) is 4.74 Å². The molecule has 0 spiro atoms. The zero-order valence-corrected chi connectivity index (χ0v) is 18.1. The zero-order valence-electron chi connectivity index (χ0n) is 17.3. The molecule has 1 unspecified atom stereocenters. The number of para-hydroxylation sites is 1.